The van der Waals surface area contributed by atoms with Crippen molar-refractivity contribution >= 4 is 11.8 Å². The molecule has 0 bridgehead atoms. The molecule has 168 valence electrons. The zero-order valence-electron chi connectivity index (χ0n) is 18.7. The van der Waals surface area contributed by atoms with Crippen LogP contribution in [-0.4, -0.2) is 44.6 Å². The summed E-state index contributed by atoms with van der Waals surface area (Å²) in [6.07, 6.45) is 3.04. The van der Waals surface area contributed by atoms with E-state index in [-0.39, 0.29) is 17.9 Å². The van der Waals surface area contributed by atoms with Crippen LogP contribution < -0.4 is 5.32 Å². The highest BCUT2D eigenvalue weighted by Gasteiger charge is 2.27. The fourth-order valence-corrected chi connectivity index (χ4v) is 4.15. The van der Waals surface area contributed by atoms with Crippen molar-refractivity contribution in [3.8, 4) is 11.3 Å². The van der Waals surface area contributed by atoms with Gasteiger partial charge in [0.2, 0.25) is 5.91 Å². The van der Waals surface area contributed by atoms with Gasteiger partial charge in [0, 0.05) is 44.1 Å². The predicted molar refractivity (Wildman–Crippen MR) is 120 cm³/mol. The van der Waals surface area contributed by atoms with Crippen LogP contribution in [-0.2, 0) is 17.8 Å². The third kappa shape index (κ3) is 4.74. The molecule has 0 fully saturated rings. The third-order valence-electron chi connectivity index (χ3n) is 5.68. The fraction of sp³-hybridized carbons (Fsp3) is 0.417. The summed E-state index contributed by atoms with van der Waals surface area (Å²) in [6.45, 7) is 7.49. The first-order chi connectivity index (χ1) is 15.4. The highest BCUT2D eigenvalue weighted by atomic mass is 16.3. The fourth-order valence-electron chi connectivity index (χ4n) is 4.15. The molecule has 2 amide bonds. The molecule has 0 aliphatic carbocycles. The smallest absolute Gasteiger partial charge is 0.253 e. The van der Waals surface area contributed by atoms with Crippen LogP contribution in [0.1, 0.15) is 55.2 Å². The largest absolute Gasteiger partial charge is 0.464 e. The van der Waals surface area contributed by atoms with Crippen LogP contribution in [0.2, 0.25) is 0 Å². The highest BCUT2D eigenvalue weighted by molar-refractivity contribution is 5.94. The van der Waals surface area contributed by atoms with Crippen molar-refractivity contribution in [2.45, 2.75) is 46.2 Å². The predicted octanol–water partition coefficient (Wildman–Crippen LogP) is 3.46. The van der Waals surface area contributed by atoms with E-state index in [1.54, 1.807) is 6.26 Å². The van der Waals surface area contributed by atoms with Gasteiger partial charge in [-0.05, 0) is 36.6 Å². The molecule has 1 N–H and O–H groups in total. The average Bonchev–Trinajstić information content (AvgIpc) is 3.39. The number of aromatic nitrogens is 3. The Morgan fingerprint density at radius 2 is 1.88 bits per heavy atom. The number of hydrogen-bond acceptors (Lipinski definition) is 5. The van der Waals surface area contributed by atoms with Crippen LogP contribution in [0.15, 0.2) is 47.1 Å². The third-order valence-corrected chi connectivity index (χ3v) is 5.68. The second kappa shape index (κ2) is 9.38. The van der Waals surface area contributed by atoms with Gasteiger partial charge in [0.1, 0.15) is 11.6 Å². The van der Waals surface area contributed by atoms with E-state index in [9.17, 15) is 9.59 Å². The Morgan fingerprint density at radius 1 is 1.09 bits per heavy atom. The number of rotatable bonds is 6. The molecule has 3 heterocycles. The zero-order chi connectivity index (χ0) is 22.7. The van der Waals surface area contributed by atoms with Crippen molar-refractivity contribution < 1.29 is 14.0 Å². The second-order valence-electron chi connectivity index (χ2n) is 8.61. The van der Waals surface area contributed by atoms with Crippen LogP contribution >= 0.6 is 0 Å². The van der Waals surface area contributed by atoms with Gasteiger partial charge in [-0.25, -0.2) is 0 Å². The van der Waals surface area contributed by atoms with Gasteiger partial charge >= 0.3 is 0 Å². The summed E-state index contributed by atoms with van der Waals surface area (Å²) in [7, 11) is 0. The van der Waals surface area contributed by atoms with E-state index < -0.39 is 0 Å². The van der Waals surface area contributed by atoms with E-state index in [1.165, 1.54) is 6.92 Å². The van der Waals surface area contributed by atoms with Gasteiger partial charge in [0.25, 0.3) is 5.91 Å². The Hall–Kier alpha value is -3.42. The van der Waals surface area contributed by atoms with E-state index in [0.29, 0.717) is 37.5 Å². The lowest BCUT2D eigenvalue weighted by atomic mass is 10.0. The Bertz CT molecular complexity index is 1070. The number of carbonyl (C=O) groups excluding carboxylic acids is 2. The SMILES string of the molecule is CC(=O)NC(CC(C)C)c1nnc2n1CCN(C(=O)c1ccc(-c3ccco3)cc1)CC2. The lowest BCUT2D eigenvalue weighted by Gasteiger charge is -2.22. The van der Waals surface area contributed by atoms with Gasteiger partial charge in [-0.1, -0.05) is 26.0 Å². The van der Waals surface area contributed by atoms with Crippen molar-refractivity contribution in [2.24, 2.45) is 5.92 Å². The summed E-state index contributed by atoms with van der Waals surface area (Å²) in [5.74, 6) is 2.70. The van der Waals surface area contributed by atoms with Crippen molar-refractivity contribution in [1.29, 1.82) is 0 Å². The van der Waals surface area contributed by atoms with E-state index >= 15 is 0 Å². The van der Waals surface area contributed by atoms with Gasteiger partial charge < -0.3 is 19.2 Å². The number of carbonyl (C=O) groups is 2. The Labute approximate surface area is 187 Å². The molecule has 4 rings (SSSR count). The van der Waals surface area contributed by atoms with Crippen LogP contribution in [0.25, 0.3) is 11.3 Å². The van der Waals surface area contributed by atoms with Crippen molar-refractivity contribution in [3.05, 3.63) is 59.9 Å². The maximum atomic E-state index is 13.1. The number of benzene rings is 1. The average molecular weight is 436 g/mol. The number of amides is 2. The standard InChI is InChI=1S/C24H29N5O3/c1-16(2)15-20(25-17(3)30)23-27-26-22-10-11-28(12-13-29(22)23)24(31)19-8-6-18(7-9-19)21-5-4-14-32-21/h4-9,14,16,20H,10-13,15H2,1-3H3,(H,25,30). The number of hydrogen-bond donors (Lipinski definition) is 1. The van der Waals surface area contributed by atoms with E-state index in [2.05, 4.69) is 33.9 Å². The normalized spacial score (nSPS) is 14.7. The summed E-state index contributed by atoms with van der Waals surface area (Å²) in [5, 5.41) is 11.8. The number of nitrogens with zero attached hydrogens (tertiary/aromatic N) is 4. The molecule has 1 atom stereocenters. The molecule has 0 saturated heterocycles. The molecule has 8 heteroatoms. The molecule has 8 nitrogen and oxygen atoms in total. The lowest BCUT2D eigenvalue weighted by Crippen LogP contribution is -2.34. The topological polar surface area (TPSA) is 93.3 Å². The molecule has 0 saturated carbocycles. The Balaban J connectivity index is 1.48. The van der Waals surface area contributed by atoms with Gasteiger partial charge in [-0.15, -0.1) is 10.2 Å². The molecular weight excluding hydrogens is 406 g/mol. The summed E-state index contributed by atoms with van der Waals surface area (Å²) < 4.78 is 7.49. The van der Waals surface area contributed by atoms with Crippen LogP contribution in [0.3, 0.4) is 0 Å². The molecule has 32 heavy (non-hydrogen) atoms. The minimum atomic E-state index is -0.190. The molecule has 3 aromatic rings. The first-order valence-electron chi connectivity index (χ1n) is 11.0. The molecule has 0 radical (unpaired) electrons. The monoisotopic (exact) mass is 435 g/mol. The van der Waals surface area contributed by atoms with E-state index in [4.69, 9.17) is 4.42 Å². The summed E-state index contributed by atoms with van der Waals surface area (Å²) in [4.78, 5) is 26.7. The van der Waals surface area contributed by atoms with Crippen LogP contribution in [0.5, 0.6) is 0 Å². The number of fused-ring (bicyclic) bond motifs is 1. The van der Waals surface area contributed by atoms with Gasteiger partial charge in [0.05, 0.1) is 12.3 Å². The first-order valence-corrected chi connectivity index (χ1v) is 11.0. The van der Waals surface area contributed by atoms with Crippen LogP contribution in [0, 0.1) is 5.92 Å². The molecule has 1 unspecified atom stereocenters. The zero-order valence-corrected chi connectivity index (χ0v) is 18.7. The van der Waals surface area contributed by atoms with Crippen molar-refractivity contribution in [2.75, 3.05) is 13.1 Å². The molecule has 1 aliphatic heterocycles. The molecule has 0 spiro atoms. The number of furan rings is 1. The molecule has 1 aromatic carbocycles. The summed E-state index contributed by atoms with van der Waals surface area (Å²) in [5.41, 5.74) is 1.58. The minimum absolute atomic E-state index is 0.00292. The van der Waals surface area contributed by atoms with E-state index in [1.807, 2.05) is 41.3 Å². The first kappa shape index (κ1) is 21.8. The molecule has 1 aliphatic rings. The maximum absolute atomic E-state index is 13.1. The quantitative estimate of drug-likeness (QED) is 0.640. The summed E-state index contributed by atoms with van der Waals surface area (Å²) >= 11 is 0. The van der Waals surface area contributed by atoms with Gasteiger partial charge in [0.15, 0.2) is 5.82 Å². The second-order valence-corrected chi connectivity index (χ2v) is 8.61. The molecular formula is C24H29N5O3. The highest BCUT2D eigenvalue weighted by Crippen LogP contribution is 2.24. The summed E-state index contributed by atoms with van der Waals surface area (Å²) in [6, 6.07) is 11.0. The Morgan fingerprint density at radius 3 is 2.53 bits per heavy atom. The number of nitrogens with one attached hydrogen (secondary N) is 1. The van der Waals surface area contributed by atoms with Gasteiger partial charge in [-0.2, -0.15) is 0 Å². The van der Waals surface area contributed by atoms with Crippen LogP contribution in [0.4, 0.5) is 0 Å². The van der Waals surface area contributed by atoms with Crippen molar-refractivity contribution in [3.63, 3.8) is 0 Å². The lowest BCUT2D eigenvalue weighted by molar-refractivity contribution is -0.119. The minimum Gasteiger partial charge on any atom is -0.464 e. The van der Waals surface area contributed by atoms with Gasteiger partial charge in [-0.3, -0.25) is 9.59 Å². The Kier molecular flexibility index (Phi) is 6.39. The van der Waals surface area contributed by atoms with Crippen molar-refractivity contribution in [1.82, 2.24) is 25.0 Å². The van der Waals surface area contributed by atoms with E-state index in [0.717, 1.165) is 29.4 Å². The maximum Gasteiger partial charge on any atom is 0.253 e. The molecule has 2 aromatic heterocycles.